The van der Waals surface area contributed by atoms with Crippen molar-refractivity contribution in [2.24, 2.45) is 0 Å². The van der Waals surface area contributed by atoms with E-state index in [1.165, 1.54) is 12.1 Å². The van der Waals surface area contributed by atoms with E-state index in [0.29, 0.717) is 17.0 Å². The quantitative estimate of drug-likeness (QED) is 0.671. The van der Waals surface area contributed by atoms with Crippen LogP contribution in [0.4, 0.5) is 18.9 Å². The summed E-state index contributed by atoms with van der Waals surface area (Å²) in [7, 11) is 0. The zero-order valence-electron chi connectivity index (χ0n) is 15.1. The van der Waals surface area contributed by atoms with E-state index in [0.717, 1.165) is 4.47 Å². The number of nitrogens with one attached hydrogen (secondary N) is 2. The second-order valence-electron chi connectivity index (χ2n) is 6.03. The summed E-state index contributed by atoms with van der Waals surface area (Å²) in [4.78, 5) is 24.3. The molecule has 0 saturated carbocycles. The molecule has 28 heavy (non-hydrogen) atoms. The number of anilines is 1. The van der Waals surface area contributed by atoms with Crippen LogP contribution in [0, 0.1) is 6.92 Å². The van der Waals surface area contributed by atoms with Crippen LogP contribution in [0.5, 0.6) is 5.75 Å². The Morgan fingerprint density at radius 3 is 2.39 bits per heavy atom. The Morgan fingerprint density at radius 2 is 1.79 bits per heavy atom. The van der Waals surface area contributed by atoms with Crippen molar-refractivity contribution >= 4 is 33.4 Å². The summed E-state index contributed by atoms with van der Waals surface area (Å²) in [5.41, 5.74) is 0.971. The molecule has 0 radical (unpaired) electrons. The summed E-state index contributed by atoms with van der Waals surface area (Å²) in [6.45, 7) is 1.83. The number of alkyl halides is 3. The van der Waals surface area contributed by atoms with Crippen molar-refractivity contribution in [1.29, 1.82) is 0 Å². The van der Waals surface area contributed by atoms with Gasteiger partial charge in [-0.2, -0.15) is 13.2 Å². The van der Waals surface area contributed by atoms with E-state index in [9.17, 15) is 22.8 Å². The molecule has 150 valence electrons. The minimum Gasteiger partial charge on any atom is -0.481 e. The Kier molecular flexibility index (Phi) is 7.06. The summed E-state index contributed by atoms with van der Waals surface area (Å²) in [5, 5.41) is 4.43. The SMILES string of the molecule is Cc1ccc(C(=O)NCC(F)(F)F)cc1NC(=O)C(C)Oc1ccc(Br)cc1. The number of hydrogen-bond acceptors (Lipinski definition) is 3. The average molecular weight is 459 g/mol. The third-order valence-corrected chi connectivity index (χ3v) is 4.23. The van der Waals surface area contributed by atoms with Crippen LogP contribution in [0.3, 0.4) is 0 Å². The van der Waals surface area contributed by atoms with Crippen LogP contribution >= 0.6 is 15.9 Å². The van der Waals surface area contributed by atoms with Gasteiger partial charge in [0, 0.05) is 15.7 Å². The van der Waals surface area contributed by atoms with Crippen LogP contribution in [0.15, 0.2) is 46.9 Å². The van der Waals surface area contributed by atoms with Crippen molar-refractivity contribution in [3.8, 4) is 5.75 Å². The Bertz CT molecular complexity index is 854. The molecular weight excluding hydrogens is 441 g/mol. The second kappa shape index (κ2) is 9.09. The lowest BCUT2D eigenvalue weighted by atomic mass is 10.1. The van der Waals surface area contributed by atoms with Crippen molar-refractivity contribution in [2.45, 2.75) is 26.1 Å². The number of rotatable bonds is 6. The highest BCUT2D eigenvalue weighted by molar-refractivity contribution is 9.10. The van der Waals surface area contributed by atoms with Crippen molar-refractivity contribution in [3.63, 3.8) is 0 Å². The fraction of sp³-hybridized carbons (Fsp3) is 0.263. The molecule has 0 aliphatic heterocycles. The molecule has 1 atom stereocenters. The monoisotopic (exact) mass is 458 g/mol. The highest BCUT2D eigenvalue weighted by Crippen LogP contribution is 2.20. The predicted molar refractivity (Wildman–Crippen MR) is 102 cm³/mol. The Morgan fingerprint density at radius 1 is 1.14 bits per heavy atom. The number of carbonyl (C=O) groups is 2. The van der Waals surface area contributed by atoms with Gasteiger partial charge in [0.25, 0.3) is 11.8 Å². The number of aryl methyl sites for hydroxylation is 1. The molecule has 1 unspecified atom stereocenters. The lowest BCUT2D eigenvalue weighted by molar-refractivity contribution is -0.123. The summed E-state index contributed by atoms with van der Waals surface area (Å²) < 4.78 is 43.2. The van der Waals surface area contributed by atoms with E-state index >= 15 is 0 Å². The summed E-state index contributed by atoms with van der Waals surface area (Å²) >= 11 is 3.30. The maximum Gasteiger partial charge on any atom is 0.405 e. The minimum atomic E-state index is -4.50. The standard InChI is InChI=1S/C19H18BrF3N2O3/c1-11-3-4-13(18(27)24-10-19(21,22)23)9-16(11)25-17(26)12(2)28-15-7-5-14(20)6-8-15/h3-9,12H,10H2,1-2H3,(H,24,27)(H,25,26). The number of amides is 2. The number of carbonyl (C=O) groups excluding carboxylic acids is 2. The molecule has 2 aromatic carbocycles. The van der Waals surface area contributed by atoms with Gasteiger partial charge in [0.15, 0.2) is 6.10 Å². The number of ether oxygens (including phenoxy) is 1. The van der Waals surface area contributed by atoms with Crippen LogP contribution in [-0.2, 0) is 4.79 Å². The van der Waals surface area contributed by atoms with Gasteiger partial charge < -0.3 is 15.4 Å². The van der Waals surface area contributed by atoms with E-state index < -0.39 is 30.6 Å². The smallest absolute Gasteiger partial charge is 0.405 e. The van der Waals surface area contributed by atoms with Gasteiger partial charge in [-0.15, -0.1) is 0 Å². The van der Waals surface area contributed by atoms with Crippen molar-refractivity contribution < 1.29 is 27.5 Å². The van der Waals surface area contributed by atoms with Crippen LogP contribution in [0.2, 0.25) is 0 Å². The van der Waals surface area contributed by atoms with Gasteiger partial charge in [-0.3, -0.25) is 9.59 Å². The molecule has 0 heterocycles. The summed E-state index contributed by atoms with van der Waals surface area (Å²) in [6, 6.07) is 11.2. The number of hydrogen-bond donors (Lipinski definition) is 2. The first-order valence-corrected chi connectivity index (χ1v) is 9.03. The van der Waals surface area contributed by atoms with E-state index in [-0.39, 0.29) is 5.56 Å². The summed E-state index contributed by atoms with van der Waals surface area (Å²) in [6.07, 6.45) is -5.33. The summed E-state index contributed by atoms with van der Waals surface area (Å²) in [5.74, 6) is -0.839. The maximum absolute atomic E-state index is 12.4. The molecular formula is C19H18BrF3N2O3. The Balaban J connectivity index is 2.04. The molecule has 2 aromatic rings. The van der Waals surface area contributed by atoms with Gasteiger partial charge in [-0.1, -0.05) is 22.0 Å². The lowest BCUT2D eigenvalue weighted by Gasteiger charge is -2.16. The molecule has 2 rings (SSSR count). The van der Waals surface area contributed by atoms with Gasteiger partial charge >= 0.3 is 6.18 Å². The van der Waals surface area contributed by atoms with Crippen LogP contribution in [0.25, 0.3) is 0 Å². The van der Waals surface area contributed by atoms with E-state index in [1.807, 2.05) is 0 Å². The zero-order chi connectivity index (χ0) is 20.9. The highest BCUT2D eigenvalue weighted by atomic mass is 79.9. The maximum atomic E-state index is 12.4. The topological polar surface area (TPSA) is 67.4 Å². The van der Waals surface area contributed by atoms with E-state index in [1.54, 1.807) is 49.5 Å². The molecule has 5 nitrogen and oxygen atoms in total. The normalized spacial score (nSPS) is 12.2. The van der Waals surface area contributed by atoms with E-state index in [2.05, 4.69) is 21.2 Å². The third kappa shape index (κ3) is 6.56. The molecule has 0 bridgehead atoms. The molecule has 0 saturated heterocycles. The molecule has 2 amide bonds. The molecule has 0 fully saturated rings. The van der Waals surface area contributed by atoms with Gasteiger partial charge in [0.1, 0.15) is 12.3 Å². The van der Waals surface area contributed by atoms with Crippen LogP contribution in [-0.4, -0.2) is 30.6 Å². The zero-order valence-corrected chi connectivity index (χ0v) is 16.6. The Labute approximate surface area is 168 Å². The molecule has 9 heteroatoms. The first kappa shape index (κ1) is 21.7. The van der Waals surface area contributed by atoms with Gasteiger partial charge in [-0.05, 0) is 55.8 Å². The van der Waals surface area contributed by atoms with Crippen LogP contribution < -0.4 is 15.4 Å². The van der Waals surface area contributed by atoms with Crippen molar-refractivity contribution in [2.75, 3.05) is 11.9 Å². The fourth-order valence-electron chi connectivity index (χ4n) is 2.19. The molecule has 0 spiro atoms. The molecule has 2 N–H and O–H groups in total. The lowest BCUT2D eigenvalue weighted by Crippen LogP contribution is -2.34. The van der Waals surface area contributed by atoms with Gasteiger partial charge in [0.05, 0.1) is 0 Å². The average Bonchev–Trinajstić information content (AvgIpc) is 2.62. The first-order chi connectivity index (χ1) is 13.0. The van der Waals surface area contributed by atoms with Crippen molar-refractivity contribution in [1.82, 2.24) is 5.32 Å². The number of halogens is 4. The first-order valence-electron chi connectivity index (χ1n) is 8.24. The van der Waals surface area contributed by atoms with Gasteiger partial charge in [0.2, 0.25) is 0 Å². The van der Waals surface area contributed by atoms with Crippen molar-refractivity contribution in [3.05, 3.63) is 58.1 Å². The largest absolute Gasteiger partial charge is 0.481 e. The molecule has 0 aromatic heterocycles. The molecule has 0 aliphatic rings. The second-order valence-corrected chi connectivity index (χ2v) is 6.95. The van der Waals surface area contributed by atoms with E-state index in [4.69, 9.17) is 4.74 Å². The van der Waals surface area contributed by atoms with Gasteiger partial charge in [-0.25, -0.2) is 0 Å². The highest BCUT2D eigenvalue weighted by Gasteiger charge is 2.28. The van der Waals surface area contributed by atoms with Crippen LogP contribution in [0.1, 0.15) is 22.8 Å². The molecule has 0 aliphatic carbocycles. The third-order valence-electron chi connectivity index (χ3n) is 3.70. The fourth-order valence-corrected chi connectivity index (χ4v) is 2.45. The minimum absolute atomic E-state index is 0.00614. The Hall–Kier alpha value is -2.55. The number of benzene rings is 2. The predicted octanol–water partition coefficient (Wildman–Crippen LogP) is 4.46.